The van der Waals surface area contributed by atoms with Crippen molar-refractivity contribution in [2.45, 2.75) is 37.8 Å². The number of carbonyl (C=O) groups excluding carboxylic acids is 1. The maximum Gasteiger partial charge on any atom is 0.253 e. The molecule has 2 heterocycles. The minimum atomic E-state index is -0.0809. The molecule has 31 heavy (non-hydrogen) atoms. The molecule has 2 aromatic rings. The van der Waals surface area contributed by atoms with E-state index in [4.69, 9.17) is 21.6 Å². The fourth-order valence-corrected chi connectivity index (χ4v) is 4.26. The molecule has 2 fully saturated rings. The number of nitrogens with zero attached hydrogens (tertiary/aromatic N) is 3. The molecule has 1 aromatic heterocycles. The molecule has 0 atom stereocenters. The second-order valence-corrected chi connectivity index (χ2v) is 8.37. The first-order chi connectivity index (χ1) is 15.1. The van der Waals surface area contributed by atoms with E-state index in [0.29, 0.717) is 21.9 Å². The number of nitrogens with one attached hydrogen (secondary N) is 2. The van der Waals surface area contributed by atoms with Gasteiger partial charge in [-0.25, -0.2) is 4.98 Å². The molecule has 7 nitrogen and oxygen atoms in total. The number of hydrogen-bond acceptors (Lipinski definition) is 6. The summed E-state index contributed by atoms with van der Waals surface area (Å²) < 4.78 is 6.02. The molecule has 0 bridgehead atoms. The van der Waals surface area contributed by atoms with Crippen molar-refractivity contribution in [2.24, 2.45) is 0 Å². The molecule has 1 aromatic carbocycles. The van der Waals surface area contributed by atoms with Crippen LogP contribution in [0.3, 0.4) is 0 Å². The molecule has 1 saturated heterocycles. The Kier molecular flexibility index (Phi) is 6.90. The van der Waals surface area contributed by atoms with E-state index in [2.05, 4.69) is 20.5 Å². The molecule has 1 amide bonds. The van der Waals surface area contributed by atoms with Gasteiger partial charge in [0, 0.05) is 44.5 Å². The molecule has 4 rings (SSSR count). The average Bonchev–Trinajstić information content (AvgIpc) is 2.81. The molecule has 1 aliphatic carbocycles. The fraction of sp³-hybridized carbons (Fsp3) is 0.435. The molecule has 1 aliphatic heterocycles. The molecule has 1 saturated carbocycles. The molecule has 2 N–H and O–H groups in total. The van der Waals surface area contributed by atoms with Crippen molar-refractivity contribution in [1.82, 2.24) is 15.6 Å². The highest BCUT2D eigenvalue weighted by Crippen LogP contribution is 2.27. The van der Waals surface area contributed by atoms with Crippen molar-refractivity contribution in [1.29, 1.82) is 5.26 Å². The lowest BCUT2D eigenvalue weighted by molar-refractivity contribution is 0.0893. The first-order valence-electron chi connectivity index (χ1n) is 10.7. The first-order valence-corrected chi connectivity index (χ1v) is 11.1. The number of anilines is 1. The SMILES string of the molecule is N#Cc1ccc(O[C@H]2CC[C@H](NC(=O)c3ccc(N4CCNCC4)nc3)CC2)cc1Cl. The summed E-state index contributed by atoms with van der Waals surface area (Å²) in [5, 5.41) is 15.8. The van der Waals surface area contributed by atoms with Crippen LogP contribution in [0.5, 0.6) is 5.75 Å². The maximum absolute atomic E-state index is 12.6. The van der Waals surface area contributed by atoms with E-state index < -0.39 is 0 Å². The van der Waals surface area contributed by atoms with Crippen LogP contribution in [0.1, 0.15) is 41.6 Å². The van der Waals surface area contributed by atoms with Crippen molar-refractivity contribution in [3.05, 3.63) is 52.7 Å². The monoisotopic (exact) mass is 439 g/mol. The minimum Gasteiger partial charge on any atom is -0.490 e. The summed E-state index contributed by atoms with van der Waals surface area (Å²) in [5.41, 5.74) is 1.03. The molecule has 2 aliphatic rings. The fourth-order valence-electron chi connectivity index (χ4n) is 4.05. The number of pyridine rings is 1. The molecular weight excluding hydrogens is 414 g/mol. The van der Waals surface area contributed by atoms with Crippen LogP contribution in [0.2, 0.25) is 5.02 Å². The number of benzene rings is 1. The van der Waals surface area contributed by atoms with E-state index >= 15 is 0 Å². The van der Waals surface area contributed by atoms with Crippen molar-refractivity contribution in [3.63, 3.8) is 0 Å². The third kappa shape index (κ3) is 5.46. The van der Waals surface area contributed by atoms with Crippen LogP contribution in [0.15, 0.2) is 36.5 Å². The van der Waals surface area contributed by atoms with E-state index in [1.54, 1.807) is 24.4 Å². The Bertz CT molecular complexity index is 945. The zero-order valence-electron chi connectivity index (χ0n) is 17.3. The van der Waals surface area contributed by atoms with Crippen LogP contribution in [0, 0.1) is 11.3 Å². The minimum absolute atomic E-state index is 0.0807. The van der Waals surface area contributed by atoms with Crippen LogP contribution < -0.4 is 20.3 Å². The number of amides is 1. The van der Waals surface area contributed by atoms with Gasteiger partial charge in [-0.3, -0.25) is 4.79 Å². The number of ether oxygens (including phenoxy) is 1. The van der Waals surface area contributed by atoms with Crippen molar-refractivity contribution in [3.8, 4) is 11.8 Å². The van der Waals surface area contributed by atoms with E-state index in [9.17, 15) is 4.79 Å². The second kappa shape index (κ2) is 9.99. The smallest absolute Gasteiger partial charge is 0.253 e. The normalized spacial score (nSPS) is 21.2. The van der Waals surface area contributed by atoms with Crippen molar-refractivity contribution >= 4 is 23.3 Å². The Morgan fingerprint density at radius 2 is 1.97 bits per heavy atom. The summed E-state index contributed by atoms with van der Waals surface area (Å²) in [4.78, 5) is 19.3. The van der Waals surface area contributed by atoms with Gasteiger partial charge in [-0.05, 0) is 49.9 Å². The molecule has 8 heteroatoms. The zero-order valence-corrected chi connectivity index (χ0v) is 18.1. The summed E-state index contributed by atoms with van der Waals surface area (Å²) in [5.74, 6) is 1.51. The van der Waals surface area contributed by atoms with Crippen LogP contribution in [0.4, 0.5) is 5.82 Å². The van der Waals surface area contributed by atoms with Gasteiger partial charge >= 0.3 is 0 Å². The average molecular weight is 440 g/mol. The van der Waals surface area contributed by atoms with Crippen LogP contribution in [-0.2, 0) is 0 Å². The summed E-state index contributed by atoms with van der Waals surface area (Å²) >= 11 is 6.08. The topological polar surface area (TPSA) is 90.3 Å². The highest BCUT2D eigenvalue weighted by molar-refractivity contribution is 6.31. The van der Waals surface area contributed by atoms with Gasteiger partial charge in [-0.1, -0.05) is 11.6 Å². The molecule has 0 spiro atoms. The van der Waals surface area contributed by atoms with Crippen LogP contribution in [0.25, 0.3) is 0 Å². The van der Waals surface area contributed by atoms with Gasteiger partial charge in [0.05, 0.1) is 22.3 Å². The van der Waals surface area contributed by atoms with Crippen LogP contribution >= 0.6 is 11.6 Å². The van der Waals surface area contributed by atoms with Gasteiger partial charge in [-0.2, -0.15) is 5.26 Å². The highest BCUT2D eigenvalue weighted by Gasteiger charge is 2.24. The summed E-state index contributed by atoms with van der Waals surface area (Å²) in [7, 11) is 0. The lowest BCUT2D eigenvalue weighted by Gasteiger charge is -2.30. The Labute approximate surface area is 187 Å². The Balaban J connectivity index is 1.25. The van der Waals surface area contributed by atoms with Gasteiger partial charge in [0.2, 0.25) is 0 Å². The second-order valence-electron chi connectivity index (χ2n) is 7.96. The lowest BCUT2D eigenvalue weighted by atomic mass is 9.92. The number of hydrogen-bond donors (Lipinski definition) is 2. The molecule has 0 radical (unpaired) electrons. The quantitative estimate of drug-likeness (QED) is 0.743. The number of aromatic nitrogens is 1. The Morgan fingerprint density at radius 1 is 1.19 bits per heavy atom. The zero-order chi connectivity index (χ0) is 21.6. The van der Waals surface area contributed by atoms with E-state index in [0.717, 1.165) is 57.7 Å². The summed E-state index contributed by atoms with van der Waals surface area (Å²) in [6, 6.07) is 11.1. The number of carbonyl (C=O) groups is 1. The number of halogens is 1. The third-order valence-corrected chi connectivity index (χ3v) is 6.14. The number of piperazine rings is 1. The first kappa shape index (κ1) is 21.4. The van der Waals surface area contributed by atoms with Gasteiger partial charge in [-0.15, -0.1) is 0 Å². The van der Waals surface area contributed by atoms with E-state index in [1.807, 2.05) is 18.2 Å². The molecular formula is C23H26ClN5O2. The predicted octanol–water partition coefficient (Wildman–Crippen LogP) is 3.14. The molecule has 162 valence electrons. The summed E-state index contributed by atoms with van der Waals surface area (Å²) in [6.07, 6.45) is 5.15. The van der Waals surface area contributed by atoms with Gasteiger partial charge in [0.15, 0.2) is 0 Å². The van der Waals surface area contributed by atoms with E-state index in [-0.39, 0.29) is 18.1 Å². The lowest BCUT2D eigenvalue weighted by Crippen LogP contribution is -2.44. The van der Waals surface area contributed by atoms with Gasteiger partial charge < -0.3 is 20.3 Å². The largest absolute Gasteiger partial charge is 0.490 e. The third-order valence-electron chi connectivity index (χ3n) is 5.82. The van der Waals surface area contributed by atoms with Crippen molar-refractivity contribution in [2.75, 3.05) is 31.1 Å². The Morgan fingerprint density at radius 3 is 2.61 bits per heavy atom. The predicted molar refractivity (Wildman–Crippen MR) is 120 cm³/mol. The van der Waals surface area contributed by atoms with E-state index in [1.165, 1.54) is 0 Å². The highest BCUT2D eigenvalue weighted by atomic mass is 35.5. The molecule has 0 unspecified atom stereocenters. The van der Waals surface area contributed by atoms with Crippen LogP contribution in [-0.4, -0.2) is 49.2 Å². The van der Waals surface area contributed by atoms with Gasteiger partial charge in [0.1, 0.15) is 17.6 Å². The Hall–Kier alpha value is -2.82. The number of nitriles is 1. The maximum atomic E-state index is 12.6. The van der Waals surface area contributed by atoms with Gasteiger partial charge in [0.25, 0.3) is 5.91 Å². The van der Waals surface area contributed by atoms with Crippen molar-refractivity contribution < 1.29 is 9.53 Å². The number of rotatable bonds is 5. The standard InChI is InChI=1S/C23H26ClN5O2/c24-21-13-20(5-1-16(21)14-25)31-19-6-3-18(4-7-19)28-23(30)17-2-8-22(27-15-17)29-11-9-26-10-12-29/h1-2,5,8,13,15,18-19,26H,3-4,6-7,9-12H2,(H,28,30)/t18-,19-. The summed E-state index contributed by atoms with van der Waals surface area (Å²) in [6.45, 7) is 3.76.